The Morgan fingerprint density at radius 1 is 1.17 bits per heavy atom. The number of nitrogens with zero attached hydrogens (tertiary/aromatic N) is 1. The van der Waals surface area contributed by atoms with Gasteiger partial charge >= 0.3 is 0 Å². The molecule has 0 heterocycles. The van der Waals surface area contributed by atoms with E-state index in [0.717, 1.165) is 12.8 Å². The molecule has 1 saturated carbocycles. The minimum absolute atomic E-state index is 0.420. The standard InChI is InChI=1S/C20H39N3O/c1-15(22-3)8-9-16(2)23(18-12-10-17(21)11-13-18)19-6-5-7-20(14-19)24-4/h7,15-19,22H,5-6,8-14,21H2,1-4H3/t15-,16+,17?,18?,19-/m0/s1. The maximum absolute atomic E-state index is 6.16. The fraction of sp³-hybridized carbons (Fsp3) is 0.900. The van der Waals surface area contributed by atoms with Crippen molar-refractivity contribution in [2.45, 2.75) is 102 Å². The Morgan fingerprint density at radius 2 is 1.88 bits per heavy atom. The summed E-state index contributed by atoms with van der Waals surface area (Å²) < 4.78 is 5.58. The second kappa shape index (κ2) is 9.79. The molecule has 0 amide bonds. The van der Waals surface area contributed by atoms with Crippen molar-refractivity contribution in [1.29, 1.82) is 0 Å². The van der Waals surface area contributed by atoms with Crippen LogP contribution in [0, 0.1) is 0 Å². The molecule has 0 aromatic carbocycles. The van der Waals surface area contributed by atoms with Gasteiger partial charge in [-0.1, -0.05) is 0 Å². The second-order valence-corrected chi connectivity index (χ2v) is 7.94. The molecule has 0 unspecified atom stereocenters. The van der Waals surface area contributed by atoms with Crippen molar-refractivity contribution in [2.24, 2.45) is 5.73 Å². The highest BCUT2D eigenvalue weighted by Crippen LogP contribution is 2.33. The minimum atomic E-state index is 0.420. The van der Waals surface area contributed by atoms with Gasteiger partial charge in [-0.2, -0.15) is 0 Å². The maximum atomic E-state index is 6.16. The smallest absolute Gasteiger partial charge is 0.0931 e. The van der Waals surface area contributed by atoms with Gasteiger partial charge in [-0.3, -0.25) is 4.90 Å². The van der Waals surface area contributed by atoms with Crippen molar-refractivity contribution in [3.63, 3.8) is 0 Å². The fourth-order valence-electron chi connectivity index (χ4n) is 4.48. The van der Waals surface area contributed by atoms with Crippen LogP contribution in [0.4, 0.5) is 0 Å². The summed E-state index contributed by atoms with van der Waals surface area (Å²) in [6.45, 7) is 4.71. The van der Waals surface area contributed by atoms with Crippen LogP contribution in [0.25, 0.3) is 0 Å². The molecule has 0 aliphatic heterocycles. The first-order chi connectivity index (χ1) is 11.5. The van der Waals surface area contributed by atoms with Crippen molar-refractivity contribution in [3.05, 3.63) is 11.8 Å². The summed E-state index contributed by atoms with van der Waals surface area (Å²) in [5.41, 5.74) is 6.16. The summed E-state index contributed by atoms with van der Waals surface area (Å²) in [4.78, 5) is 2.85. The molecular weight excluding hydrogens is 298 g/mol. The van der Waals surface area contributed by atoms with Crippen molar-refractivity contribution < 1.29 is 4.74 Å². The summed E-state index contributed by atoms with van der Waals surface area (Å²) in [6, 6.07) is 2.97. The quantitative estimate of drug-likeness (QED) is 0.712. The van der Waals surface area contributed by atoms with Gasteiger partial charge in [0.05, 0.1) is 12.9 Å². The summed E-state index contributed by atoms with van der Waals surface area (Å²) in [6.07, 6.45) is 13.1. The first kappa shape index (κ1) is 19.7. The molecule has 0 bridgehead atoms. The van der Waals surface area contributed by atoms with Crippen LogP contribution in [0.3, 0.4) is 0 Å². The zero-order chi connectivity index (χ0) is 17.5. The molecule has 140 valence electrons. The van der Waals surface area contributed by atoms with E-state index in [1.165, 1.54) is 50.7 Å². The van der Waals surface area contributed by atoms with Crippen LogP contribution in [-0.2, 0) is 4.74 Å². The van der Waals surface area contributed by atoms with Gasteiger partial charge in [0.25, 0.3) is 0 Å². The SMILES string of the molecule is CN[C@@H](C)CC[C@@H](C)N(C1CCC(N)CC1)[C@H]1CCC=C(OC)C1. The Labute approximate surface area is 149 Å². The Bertz CT molecular complexity index is 390. The van der Waals surface area contributed by atoms with Gasteiger partial charge in [0, 0.05) is 36.6 Å². The highest BCUT2D eigenvalue weighted by Gasteiger charge is 2.34. The third-order valence-electron chi connectivity index (χ3n) is 6.17. The molecule has 24 heavy (non-hydrogen) atoms. The van der Waals surface area contributed by atoms with Crippen LogP contribution >= 0.6 is 0 Å². The lowest BCUT2D eigenvalue weighted by Gasteiger charge is -2.46. The first-order valence-electron chi connectivity index (χ1n) is 9.98. The van der Waals surface area contributed by atoms with E-state index in [1.54, 1.807) is 0 Å². The van der Waals surface area contributed by atoms with Crippen LogP contribution in [0.2, 0.25) is 0 Å². The van der Waals surface area contributed by atoms with Gasteiger partial charge in [0.15, 0.2) is 0 Å². The van der Waals surface area contributed by atoms with Crippen LogP contribution in [0.15, 0.2) is 11.8 Å². The molecule has 0 spiro atoms. The van der Waals surface area contributed by atoms with Gasteiger partial charge in [0.2, 0.25) is 0 Å². The molecule has 0 radical (unpaired) electrons. The van der Waals surface area contributed by atoms with Gasteiger partial charge < -0.3 is 15.8 Å². The van der Waals surface area contributed by atoms with Crippen molar-refractivity contribution in [2.75, 3.05) is 14.2 Å². The zero-order valence-electron chi connectivity index (χ0n) is 16.3. The van der Waals surface area contributed by atoms with Crippen LogP contribution in [0.5, 0.6) is 0 Å². The monoisotopic (exact) mass is 337 g/mol. The molecule has 4 heteroatoms. The third-order valence-corrected chi connectivity index (χ3v) is 6.17. The van der Waals surface area contributed by atoms with Crippen molar-refractivity contribution in [3.8, 4) is 0 Å². The Hall–Kier alpha value is -0.580. The van der Waals surface area contributed by atoms with Gasteiger partial charge in [0.1, 0.15) is 0 Å². The van der Waals surface area contributed by atoms with E-state index < -0.39 is 0 Å². The molecule has 3 atom stereocenters. The molecule has 2 aliphatic rings. The average Bonchev–Trinajstić information content (AvgIpc) is 2.61. The number of methoxy groups -OCH3 is 1. The Morgan fingerprint density at radius 3 is 2.50 bits per heavy atom. The molecule has 4 nitrogen and oxygen atoms in total. The summed E-state index contributed by atoms with van der Waals surface area (Å²) in [7, 11) is 3.88. The van der Waals surface area contributed by atoms with Gasteiger partial charge in [-0.25, -0.2) is 0 Å². The Kier molecular flexibility index (Phi) is 8.05. The zero-order valence-corrected chi connectivity index (χ0v) is 16.3. The average molecular weight is 338 g/mol. The van der Waals surface area contributed by atoms with Gasteiger partial charge in [-0.05, 0) is 78.3 Å². The lowest BCUT2D eigenvalue weighted by molar-refractivity contribution is 0.0405. The number of hydrogen-bond donors (Lipinski definition) is 2. The Balaban J connectivity index is 2.04. The molecule has 1 fully saturated rings. The first-order valence-corrected chi connectivity index (χ1v) is 9.98. The molecule has 0 saturated heterocycles. The summed E-state index contributed by atoms with van der Waals surface area (Å²) in [5, 5.41) is 3.38. The van der Waals surface area contributed by atoms with E-state index in [1.807, 2.05) is 7.11 Å². The highest BCUT2D eigenvalue weighted by atomic mass is 16.5. The largest absolute Gasteiger partial charge is 0.501 e. The van der Waals surface area contributed by atoms with E-state index in [9.17, 15) is 0 Å². The third kappa shape index (κ3) is 5.47. The minimum Gasteiger partial charge on any atom is -0.501 e. The molecule has 0 aromatic heterocycles. The van der Waals surface area contributed by atoms with Gasteiger partial charge in [-0.15, -0.1) is 0 Å². The van der Waals surface area contributed by atoms with Crippen LogP contribution in [-0.4, -0.2) is 49.3 Å². The lowest BCUT2D eigenvalue weighted by atomic mass is 9.86. The fourth-order valence-corrected chi connectivity index (χ4v) is 4.48. The molecular formula is C20H39N3O. The van der Waals surface area contributed by atoms with E-state index >= 15 is 0 Å². The van der Waals surface area contributed by atoms with Crippen molar-refractivity contribution in [1.82, 2.24) is 10.2 Å². The number of nitrogens with one attached hydrogen (secondary N) is 1. The number of hydrogen-bond acceptors (Lipinski definition) is 4. The molecule has 3 N–H and O–H groups in total. The molecule has 2 rings (SSSR count). The molecule has 0 aromatic rings. The topological polar surface area (TPSA) is 50.5 Å². The van der Waals surface area contributed by atoms with Crippen LogP contribution < -0.4 is 11.1 Å². The second-order valence-electron chi connectivity index (χ2n) is 7.94. The van der Waals surface area contributed by atoms with Crippen molar-refractivity contribution >= 4 is 0 Å². The normalized spacial score (nSPS) is 30.8. The number of ether oxygens (including phenoxy) is 1. The predicted molar refractivity (Wildman–Crippen MR) is 102 cm³/mol. The maximum Gasteiger partial charge on any atom is 0.0931 e. The predicted octanol–water partition coefficient (Wildman–Crippen LogP) is 3.42. The number of rotatable bonds is 8. The number of allylic oxidation sites excluding steroid dienone is 1. The van der Waals surface area contributed by atoms with Crippen LogP contribution in [0.1, 0.15) is 71.6 Å². The van der Waals surface area contributed by atoms with E-state index in [2.05, 4.69) is 37.2 Å². The molecule has 2 aliphatic carbocycles. The van der Waals surface area contributed by atoms with E-state index in [0.29, 0.717) is 30.2 Å². The summed E-state index contributed by atoms with van der Waals surface area (Å²) in [5.74, 6) is 1.18. The van der Waals surface area contributed by atoms with E-state index in [4.69, 9.17) is 10.5 Å². The lowest BCUT2D eigenvalue weighted by Crippen LogP contribution is -2.51. The number of nitrogens with two attached hydrogens (primary N) is 1. The summed E-state index contributed by atoms with van der Waals surface area (Å²) >= 11 is 0. The highest BCUT2D eigenvalue weighted by molar-refractivity contribution is 5.03. The van der Waals surface area contributed by atoms with E-state index in [-0.39, 0.29) is 0 Å².